The highest BCUT2D eigenvalue weighted by atomic mass is 16.5. The number of hydrogen-bond acceptors (Lipinski definition) is 7. The summed E-state index contributed by atoms with van der Waals surface area (Å²) in [5.74, 6) is 0.597. The molecule has 0 fully saturated rings. The van der Waals surface area contributed by atoms with Crippen LogP contribution in [-0.4, -0.2) is 52.6 Å². The molecule has 0 aliphatic carbocycles. The fourth-order valence-corrected chi connectivity index (χ4v) is 4.09. The fraction of sp³-hybridized carbons (Fsp3) is 0.417. The lowest BCUT2D eigenvalue weighted by Crippen LogP contribution is -2.39. The maximum atomic E-state index is 13.5. The first kappa shape index (κ1) is 22.9. The number of hydrogen-bond donors (Lipinski definition) is 0. The van der Waals surface area contributed by atoms with Crippen molar-refractivity contribution in [3.05, 3.63) is 53.7 Å². The van der Waals surface area contributed by atoms with Gasteiger partial charge in [-0.2, -0.15) is 5.10 Å². The molecule has 9 nitrogen and oxygen atoms in total. The Morgan fingerprint density at radius 3 is 2.70 bits per heavy atom. The number of methoxy groups -OCH3 is 1. The first-order valence-corrected chi connectivity index (χ1v) is 10.9. The van der Waals surface area contributed by atoms with Crippen LogP contribution in [-0.2, 0) is 21.7 Å². The molecule has 4 heterocycles. The number of pyridine rings is 2. The summed E-state index contributed by atoms with van der Waals surface area (Å²) in [6.45, 7) is 9.68. The number of nitrogens with zero attached hydrogens (tertiary/aromatic N) is 5. The van der Waals surface area contributed by atoms with Crippen LogP contribution in [0.3, 0.4) is 0 Å². The Morgan fingerprint density at radius 2 is 1.94 bits per heavy atom. The molecular weight excluding hydrogens is 422 g/mol. The molecular formula is C24H29N5O4. The summed E-state index contributed by atoms with van der Waals surface area (Å²) in [7, 11) is 1.63. The Hall–Kier alpha value is -3.30. The monoisotopic (exact) mass is 451 g/mol. The zero-order valence-electron chi connectivity index (χ0n) is 19.7. The largest absolute Gasteiger partial charge is 0.492 e. The number of aromatic nitrogens is 4. The van der Waals surface area contributed by atoms with E-state index in [1.165, 1.54) is 0 Å². The molecule has 174 valence electrons. The van der Waals surface area contributed by atoms with Crippen molar-refractivity contribution in [2.45, 2.75) is 40.0 Å². The minimum atomic E-state index is -0.664. The number of ether oxygens (including phenoxy) is 3. The number of fused-ring (bicyclic) bond motifs is 1. The molecule has 0 N–H and O–H groups in total. The van der Waals surface area contributed by atoms with Crippen LogP contribution in [0.2, 0.25) is 0 Å². The van der Waals surface area contributed by atoms with Gasteiger partial charge in [0.2, 0.25) is 0 Å². The Balaban J connectivity index is 1.66. The predicted molar refractivity (Wildman–Crippen MR) is 123 cm³/mol. The molecule has 0 saturated carbocycles. The van der Waals surface area contributed by atoms with Gasteiger partial charge in [-0.15, -0.1) is 0 Å². The second-order valence-electron chi connectivity index (χ2n) is 8.36. The average Bonchev–Trinajstić information content (AvgIpc) is 3.31. The molecule has 1 amide bonds. The van der Waals surface area contributed by atoms with Crippen LogP contribution in [0, 0.1) is 6.92 Å². The summed E-state index contributed by atoms with van der Waals surface area (Å²) >= 11 is 0. The maximum absolute atomic E-state index is 13.5. The molecule has 0 aromatic carbocycles. The van der Waals surface area contributed by atoms with Crippen molar-refractivity contribution < 1.29 is 19.0 Å². The lowest BCUT2D eigenvalue weighted by molar-refractivity contribution is 0.0289. The van der Waals surface area contributed by atoms with Crippen LogP contribution in [0.4, 0.5) is 5.69 Å². The summed E-state index contributed by atoms with van der Waals surface area (Å²) in [6.07, 6.45) is 6.92. The van der Waals surface area contributed by atoms with Crippen molar-refractivity contribution >= 4 is 11.6 Å². The van der Waals surface area contributed by atoms with Gasteiger partial charge in [0.25, 0.3) is 5.91 Å². The van der Waals surface area contributed by atoms with E-state index in [4.69, 9.17) is 19.2 Å². The van der Waals surface area contributed by atoms with Gasteiger partial charge in [0.05, 0.1) is 66.6 Å². The van der Waals surface area contributed by atoms with E-state index in [-0.39, 0.29) is 12.6 Å². The van der Waals surface area contributed by atoms with Crippen LogP contribution in [0.1, 0.15) is 42.4 Å². The van der Waals surface area contributed by atoms with E-state index in [0.29, 0.717) is 36.8 Å². The SMILES string of the molecule is CCOc1cncc(-c2cc(C)c3c(n2)C(C)(C)N(c2cnn(COCCOC)c2)C3=O)c1. The normalized spacial score (nSPS) is 14.6. The summed E-state index contributed by atoms with van der Waals surface area (Å²) in [6, 6.07) is 3.84. The van der Waals surface area contributed by atoms with Crippen LogP contribution < -0.4 is 9.64 Å². The molecule has 1 aliphatic rings. The zero-order chi connectivity index (χ0) is 23.6. The van der Waals surface area contributed by atoms with Crippen molar-refractivity contribution in [2.75, 3.05) is 31.8 Å². The van der Waals surface area contributed by atoms with Gasteiger partial charge >= 0.3 is 0 Å². The van der Waals surface area contributed by atoms with Gasteiger partial charge in [0.1, 0.15) is 12.5 Å². The van der Waals surface area contributed by atoms with Crippen molar-refractivity contribution in [1.82, 2.24) is 19.7 Å². The molecule has 4 rings (SSSR count). The molecule has 9 heteroatoms. The molecule has 3 aromatic heterocycles. The summed E-state index contributed by atoms with van der Waals surface area (Å²) in [5, 5.41) is 4.35. The lowest BCUT2D eigenvalue weighted by atomic mass is 9.96. The fourth-order valence-electron chi connectivity index (χ4n) is 4.09. The lowest BCUT2D eigenvalue weighted by Gasteiger charge is -2.30. The van der Waals surface area contributed by atoms with Crippen LogP contribution in [0.15, 0.2) is 36.9 Å². The highest BCUT2D eigenvalue weighted by Gasteiger charge is 2.47. The van der Waals surface area contributed by atoms with Crippen molar-refractivity contribution in [2.24, 2.45) is 0 Å². The van der Waals surface area contributed by atoms with Crippen LogP contribution >= 0.6 is 0 Å². The summed E-state index contributed by atoms with van der Waals surface area (Å²) in [4.78, 5) is 24.4. The third-order valence-electron chi connectivity index (χ3n) is 5.63. The van der Waals surface area contributed by atoms with Gasteiger partial charge in [-0.3, -0.25) is 14.7 Å². The standard InChI is InChI=1S/C24H29N5O4/c1-6-33-19-10-17(11-25-13-19)20-9-16(2)21-22(27-20)24(3,4)29(23(21)30)18-12-26-28(14-18)15-32-8-7-31-5/h9-14H,6-8,15H2,1-5H3. The maximum Gasteiger partial charge on any atom is 0.261 e. The molecule has 0 saturated heterocycles. The summed E-state index contributed by atoms with van der Waals surface area (Å²) < 4.78 is 17.8. The molecule has 0 unspecified atom stereocenters. The zero-order valence-corrected chi connectivity index (χ0v) is 19.7. The van der Waals surface area contributed by atoms with Gasteiger partial charge in [-0.1, -0.05) is 0 Å². The van der Waals surface area contributed by atoms with Gasteiger partial charge < -0.3 is 14.2 Å². The first-order chi connectivity index (χ1) is 15.9. The number of rotatable bonds is 9. The Bertz CT molecular complexity index is 1160. The number of aryl methyl sites for hydroxylation is 1. The van der Waals surface area contributed by atoms with Crippen LogP contribution in [0.25, 0.3) is 11.3 Å². The Kier molecular flexibility index (Phi) is 6.44. The van der Waals surface area contributed by atoms with Crippen molar-refractivity contribution in [3.63, 3.8) is 0 Å². The van der Waals surface area contributed by atoms with Gasteiger partial charge in [-0.05, 0) is 45.4 Å². The minimum Gasteiger partial charge on any atom is -0.492 e. The molecule has 0 spiro atoms. The topological polar surface area (TPSA) is 91.6 Å². The average molecular weight is 452 g/mol. The van der Waals surface area contributed by atoms with E-state index in [1.807, 2.05) is 46.0 Å². The Labute approximate surface area is 193 Å². The number of amides is 1. The highest BCUT2D eigenvalue weighted by molar-refractivity contribution is 6.12. The quantitative estimate of drug-likeness (QED) is 0.459. The molecule has 0 atom stereocenters. The van der Waals surface area contributed by atoms with E-state index in [9.17, 15) is 4.79 Å². The van der Waals surface area contributed by atoms with Crippen molar-refractivity contribution in [1.29, 1.82) is 0 Å². The van der Waals surface area contributed by atoms with Crippen LogP contribution in [0.5, 0.6) is 5.75 Å². The molecule has 1 aliphatic heterocycles. The van der Waals surface area contributed by atoms with Crippen molar-refractivity contribution in [3.8, 4) is 17.0 Å². The minimum absolute atomic E-state index is 0.0902. The Morgan fingerprint density at radius 1 is 1.12 bits per heavy atom. The van der Waals surface area contributed by atoms with E-state index >= 15 is 0 Å². The third-order valence-corrected chi connectivity index (χ3v) is 5.63. The molecule has 3 aromatic rings. The second-order valence-corrected chi connectivity index (χ2v) is 8.36. The molecule has 0 radical (unpaired) electrons. The van der Waals surface area contributed by atoms with Gasteiger partial charge in [-0.25, -0.2) is 9.67 Å². The third kappa shape index (κ3) is 4.34. The number of carbonyl (C=O) groups is 1. The second kappa shape index (κ2) is 9.29. The smallest absolute Gasteiger partial charge is 0.261 e. The highest BCUT2D eigenvalue weighted by Crippen LogP contribution is 2.43. The molecule has 0 bridgehead atoms. The summed E-state index contributed by atoms with van der Waals surface area (Å²) in [5.41, 5.74) is 3.85. The predicted octanol–water partition coefficient (Wildman–Crippen LogP) is 3.56. The van der Waals surface area contributed by atoms with E-state index in [2.05, 4.69) is 10.1 Å². The van der Waals surface area contributed by atoms with E-state index < -0.39 is 5.54 Å². The van der Waals surface area contributed by atoms with Gasteiger partial charge in [0.15, 0.2) is 0 Å². The number of carbonyl (C=O) groups excluding carboxylic acids is 1. The number of anilines is 1. The van der Waals surface area contributed by atoms with Gasteiger partial charge in [0, 0.05) is 18.9 Å². The van der Waals surface area contributed by atoms with E-state index in [0.717, 1.165) is 22.5 Å². The van der Waals surface area contributed by atoms with E-state index in [1.54, 1.807) is 35.3 Å². The first-order valence-electron chi connectivity index (χ1n) is 10.9. The molecule has 33 heavy (non-hydrogen) atoms.